The molecule has 1 aromatic carbocycles. The lowest BCUT2D eigenvalue weighted by atomic mass is 10.00. The van der Waals surface area contributed by atoms with Crippen molar-refractivity contribution in [2.45, 2.75) is 44.6 Å². The van der Waals surface area contributed by atoms with E-state index in [1.807, 2.05) is 12.1 Å². The number of hydrogen-bond acceptors (Lipinski definition) is 3. The predicted octanol–water partition coefficient (Wildman–Crippen LogP) is 3.06. The van der Waals surface area contributed by atoms with Crippen molar-refractivity contribution >= 4 is 5.69 Å². The zero-order chi connectivity index (χ0) is 13.0. The van der Waals surface area contributed by atoms with E-state index in [9.17, 15) is 10.1 Å². The maximum absolute atomic E-state index is 10.9. The summed E-state index contributed by atoms with van der Waals surface area (Å²) < 4.78 is 0. The largest absolute Gasteiger partial charge is 0.311 e. The van der Waals surface area contributed by atoms with E-state index < -0.39 is 0 Å². The number of hydrogen-bond donors (Lipinski definition) is 1. The van der Waals surface area contributed by atoms with E-state index in [4.69, 9.17) is 0 Å². The van der Waals surface area contributed by atoms with E-state index in [1.54, 1.807) is 12.1 Å². The normalized spacial score (nSPS) is 17.8. The van der Waals surface area contributed by atoms with Gasteiger partial charge in [-0.2, -0.15) is 0 Å². The van der Waals surface area contributed by atoms with Crippen molar-refractivity contribution in [3.63, 3.8) is 0 Å². The highest BCUT2D eigenvalue weighted by Crippen LogP contribution is 2.28. The molecule has 0 spiro atoms. The van der Waals surface area contributed by atoms with Crippen LogP contribution >= 0.6 is 0 Å². The zero-order valence-electron chi connectivity index (χ0n) is 10.8. The third-order valence-electron chi connectivity index (χ3n) is 3.84. The van der Waals surface area contributed by atoms with Gasteiger partial charge in [0.2, 0.25) is 0 Å². The molecule has 1 saturated carbocycles. The quantitative estimate of drug-likeness (QED) is 0.643. The minimum absolute atomic E-state index is 0.232. The molecule has 1 aromatic rings. The number of nitrogens with one attached hydrogen (secondary N) is 1. The number of nitro benzene ring substituents is 1. The van der Waals surface area contributed by atoms with Gasteiger partial charge in [-0.25, -0.2) is 0 Å². The van der Waals surface area contributed by atoms with Crippen molar-refractivity contribution in [3.05, 3.63) is 39.9 Å². The fourth-order valence-electron chi connectivity index (χ4n) is 2.73. The molecule has 0 aromatic heterocycles. The summed E-state index contributed by atoms with van der Waals surface area (Å²) in [5.74, 6) is 0. The lowest BCUT2D eigenvalue weighted by Crippen LogP contribution is -2.40. The van der Waals surface area contributed by atoms with Crippen LogP contribution in [0.3, 0.4) is 0 Å². The Hall–Kier alpha value is -1.42. The van der Waals surface area contributed by atoms with E-state index in [-0.39, 0.29) is 16.1 Å². The van der Waals surface area contributed by atoms with Crippen LogP contribution in [0, 0.1) is 10.1 Å². The van der Waals surface area contributed by atoms with Crippen molar-refractivity contribution in [3.8, 4) is 0 Å². The van der Waals surface area contributed by atoms with Gasteiger partial charge in [-0.1, -0.05) is 31.0 Å². The molecule has 1 aliphatic carbocycles. The van der Waals surface area contributed by atoms with Gasteiger partial charge >= 0.3 is 0 Å². The molecule has 18 heavy (non-hydrogen) atoms. The Morgan fingerprint density at radius 1 is 1.33 bits per heavy atom. The molecular formula is C14H20N2O2. The second-order valence-corrected chi connectivity index (χ2v) is 5.33. The van der Waals surface area contributed by atoms with Gasteiger partial charge in [-0.3, -0.25) is 10.1 Å². The van der Waals surface area contributed by atoms with E-state index in [0.717, 1.165) is 12.1 Å². The fraction of sp³-hybridized carbons (Fsp3) is 0.571. The van der Waals surface area contributed by atoms with Crippen LogP contribution in [0.2, 0.25) is 0 Å². The summed E-state index contributed by atoms with van der Waals surface area (Å²) in [6.07, 6.45) is 5.71. The average Bonchev–Trinajstić information content (AvgIpc) is 2.77. The monoisotopic (exact) mass is 248 g/mol. The molecule has 4 nitrogen and oxygen atoms in total. The number of rotatable bonds is 5. The smallest absolute Gasteiger partial charge is 0.272 e. The van der Waals surface area contributed by atoms with Crippen molar-refractivity contribution in [1.29, 1.82) is 0 Å². The molecule has 1 aliphatic rings. The Morgan fingerprint density at radius 2 is 2.00 bits per heavy atom. The Balaban J connectivity index is 1.92. The van der Waals surface area contributed by atoms with E-state index >= 15 is 0 Å². The minimum Gasteiger partial charge on any atom is -0.311 e. The summed E-state index contributed by atoms with van der Waals surface area (Å²) >= 11 is 0. The molecule has 0 aliphatic heterocycles. The molecule has 0 radical (unpaired) electrons. The first-order chi connectivity index (χ1) is 8.61. The highest BCUT2D eigenvalue weighted by molar-refractivity contribution is 5.39. The Morgan fingerprint density at radius 3 is 2.67 bits per heavy atom. The molecule has 0 heterocycles. The first-order valence-corrected chi connectivity index (χ1v) is 6.58. The van der Waals surface area contributed by atoms with Crippen LogP contribution in [0.5, 0.6) is 0 Å². The van der Waals surface area contributed by atoms with Gasteiger partial charge in [0.15, 0.2) is 0 Å². The second kappa shape index (κ2) is 5.48. The molecule has 0 saturated heterocycles. The number of benzene rings is 1. The SMILES string of the molecule is CC1(NCCc2ccccc2[N+](=O)[O-])CCCC1. The molecule has 2 rings (SSSR count). The summed E-state index contributed by atoms with van der Waals surface area (Å²) in [5, 5.41) is 14.4. The Labute approximate surface area is 108 Å². The second-order valence-electron chi connectivity index (χ2n) is 5.33. The van der Waals surface area contributed by atoms with Crippen LogP contribution in [0.1, 0.15) is 38.2 Å². The highest BCUT2D eigenvalue weighted by Gasteiger charge is 2.27. The van der Waals surface area contributed by atoms with Crippen molar-refractivity contribution in [2.75, 3.05) is 6.54 Å². The molecule has 0 bridgehead atoms. The van der Waals surface area contributed by atoms with Crippen LogP contribution in [0.4, 0.5) is 5.69 Å². The molecule has 0 amide bonds. The maximum Gasteiger partial charge on any atom is 0.272 e. The fourth-order valence-corrected chi connectivity index (χ4v) is 2.73. The van der Waals surface area contributed by atoms with E-state index in [2.05, 4.69) is 12.2 Å². The Bertz CT molecular complexity index is 426. The summed E-state index contributed by atoms with van der Waals surface area (Å²) in [6, 6.07) is 7.00. The third kappa shape index (κ3) is 3.07. The van der Waals surface area contributed by atoms with Crippen molar-refractivity contribution < 1.29 is 4.92 Å². The lowest BCUT2D eigenvalue weighted by Gasteiger charge is -2.25. The summed E-state index contributed by atoms with van der Waals surface area (Å²) in [5.41, 5.74) is 1.29. The van der Waals surface area contributed by atoms with Gasteiger partial charge in [-0.15, -0.1) is 0 Å². The Kier molecular flexibility index (Phi) is 3.97. The minimum atomic E-state index is -0.299. The van der Waals surface area contributed by atoms with Crippen LogP contribution in [0.15, 0.2) is 24.3 Å². The summed E-state index contributed by atoms with van der Waals surface area (Å²) in [7, 11) is 0. The summed E-state index contributed by atoms with van der Waals surface area (Å²) in [6.45, 7) is 3.06. The van der Waals surface area contributed by atoms with Crippen LogP contribution in [-0.4, -0.2) is 17.0 Å². The summed E-state index contributed by atoms with van der Waals surface area (Å²) in [4.78, 5) is 10.6. The first-order valence-electron chi connectivity index (χ1n) is 6.58. The lowest BCUT2D eigenvalue weighted by molar-refractivity contribution is -0.385. The maximum atomic E-state index is 10.9. The number of nitro groups is 1. The van der Waals surface area contributed by atoms with Crippen LogP contribution in [-0.2, 0) is 6.42 Å². The van der Waals surface area contributed by atoms with Gasteiger partial charge in [0.1, 0.15) is 0 Å². The highest BCUT2D eigenvalue weighted by atomic mass is 16.6. The van der Waals surface area contributed by atoms with Crippen molar-refractivity contribution in [2.24, 2.45) is 0 Å². The number of nitrogens with zero attached hydrogens (tertiary/aromatic N) is 1. The van der Waals surface area contributed by atoms with Gasteiger partial charge < -0.3 is 5.32 Å². The average molecular weight is 248 g/mol. The molecule has 1 fully saturated rings. The molecular weight excluding hydrogens is 228 g/mol. The molecule has 98 valence electrons. The molecule has 0 atom stereocenters. The van der Waals surface area contributed by atoms with Crippen molar-refractivity contribution in [1.82, 2.24) is 5.32 Å². The van der Waals surface area contributed by atoms with Crippen LogP contribution in [0.25, 0.3) is 0 Å². The molecule has 0 unspecified atom stereocenters. The molecule has 1 N–H and O–H groups in total. The van der Waals surface area contributed by atoms with E-state index in [1.165, 1.54) is 25.7 Å². The number of para-hydroxylation sites is 1. The third-order valence-corrected chi connectivity index (χ3v) is 3.84. The van der Waals surface area contributed by atoms with Crippen LogP contribution < -0.4 is 5.32 Å². The topological polar surface area (TPSA) is 55.2 Å². The van der Waals surface area contributed by atoms with Gasteiger partial charge in [0.05, 0.1) is 4.92 Å². The predicted molar refractivity (Wildman–Crippen MR) is 71.7 cm³/mol. The molecule has 4 heteroatoms. The van der Waals surface area contributed by atoms with E-state index in [0.29, 0.717) is 6.42 Å². The standard InChI is InChI=1S/C14H20N2O2/c1-14(9-4-5-10-14)15-11-8-12-6-2-3-7-13(12)16(17)18/h2-3,6-7,15H,4-5,8-11H2,1H3. The van der Waals surface area contributed by atoms with Gasteiger partial charge in [-0.05, 0) is 32.7 Å². The first kappa shape index (κ1) is 13.0. The van der Waals surface area contributed by atoms with Gasteiger partial charge in [0, 0.05) is 17.2 Å². The zero-order valence-corrected chi connectivity index (χ0v) is 10.8. The van der Waals surface area contributed by atoms with Gasteiger partial charge in [0.25, 0.3) is 5.69 Å².